The summed E-state index contributed by atoms with van der Waals surface area (Å²) in [6.45, 7) is 1.68. The van der Waals surface area contributed by atoms with Gasteiger partial charge in [0.15, 0.2) is 0 Å². The van der Waals surface area contributed by atoms with Crippen LogP contribution in [0.1, 0.15) is 12.5 Å². The lowest BCUT2D eigenvalue weighted by Gasteiger charge is -2.10. The van der Waals surface area contributed by atoms with Crippen molar-refractivity contribution in [1.82, 2.24) is 0 Å². The van der Waals surface area contributed by atoms with Gasteiger partial charge in [-0.15, -0.1) is 11.8 Å². The molecule has 1 amide bonds. The van der Waals surface area contributed by atoms with E-state index >= 15 is 0 Å². The van der Waals surface area contributed by atoms with Crippen molar-refractivity contribution < 1.29 is 10.0 Å². The lowest BCUT2D eigenvalue weighted by atomic mass is 10.1. The average molecular weight is 300 g/mol. The summed E-state index contributed by atoms with van der Waals surface area (Å²) in [4.78, 5) is 13.1. The molecule has 0 aromatic heterocycles. The summed E-state index contributed by atoms with van der Waals surface area (Å²) in [5.41, 5.74) is 1.81. The number of rotatable bonds is 5. The van der Waals surface area contributed by atoms with Crippen molar-refractivity contribution in [1.29, 1.82) is 0 Å². The second kappa shape index (κ2) is 7.50. The molecule has 0 fully saturated rings. The van der Waals surface area contributed by atoms with Crippen LogP contribution in [-0.2, 0) is 4.79 Å². The number of nitrogens with one attached hydrogen (secondary N) is 1. The number of hydrogen-bond acceptors (Lipinski definition) is 4. The number of para-hydroxylation sites is 1. The van der Waals surface area contributed by atoms with Crippen LogP contribution in [0.25, 0.3) is 0 Å². The molecule has 0 aliphatic rings. The molecule has 2 aromatic rings. The predicted octanol–water partition coefficient (Wildman–Crippen LogP) is 3.62. The van der Waals surface area contributed by atoms with Gasteiger partial charge in [-0.1, -0.05) is 41.6 Å². The van der Waals surface area contributed by atoms with Crippen LogP contribution in [0.15, 0.2) is 64.6 Å². The molecule has 2 aromatic carbocycles. The minimum Gasteiger partial charge on any atom is -0.411 e. The lowest BCUT2D eigenvalue weighted by Crippen LogP contribution is -2.16. The highest BCUT2D eigenvalue weighted by atomic mass is 32.2. The maximum atomic E-state index is 12.0. The molecule has 4 nitrogen and oxygen atoms in total. The predicted molar refractivity (Wildman–Crippen MR) is 86.2 cm³/mol. The molecule has 2 rings (SSSR count). The summed E-state index contributed by atoms with van der Waals surface area (Å²) < 4.78 is 0. The number of carbonyl (C=O) groups is 1. The van der Waals surface area contributed by atoms with Gasteiger partial charge in [0.1, 0.15) is 0 Å². The summed E-state index contributed by atoms with van der Waals surface area (Å²) in [5, 5.41) is 14.9. The number of benzene rings is 2. The minimum absolute atomic E-state index is 0.0953. The van der Waals surface area contributed by atoms with Gasteiger partial charge in [0.25, 0.3) is 0 Å². The van der Waals surface area contributed by atoms with Crippen molar-refractivity contribution in [3.8, 4) is 0 Å². The van der Waals surface area contributed by atoms with E-state index in [0.717, 1.165) is 4.90 Å². The van der Waals surface area contributed by atoms with Crippen LogP contribution < -0.4 is 5.32 Å². The molecule has 5 heteroatoms. The van der Waals surface area contributed by atoms with E-state index in [0.29, 0.717) is 22.7 Å². The topological polar surface area (TPSA) is 61.7 Å². The number of carbonyl (C=O) groups excluding carboxylic acids is 1. The Bertz CT molecular complexity index is 642. The number of oxime groups is 1. The molecule has 108 valence electrons. The molecule has 0 saturated heterocycles. The van der Waals surface area contributed by atoms with E-state index in [4.69, 9.17) is 5.21 Å². The molecule has 0 unspecified atom stereocenters. The second-order valence-electron chi connectivity index (χ2n) is 4.38. The second-order valence-corrected chi connectivity index (χ2v) is 5.43. The third-order valence-corrected chi connectivity index (χ3v) is 3.87. The largest absolute Gasteiger partial charge is 0.411 e. The normalized spacial score (nSPS) is 11.2. The highest BCUT2D eigenvalue weighted by Crippen LogP contribution is 2.19. The zero-order valence-electron chi connectivity index (χ0n) is 11.6. The number of anilines is 1. The standard InChI is InChI=1S/C16H16N2O2S/c1-12(18-20)14-9-5-6-10-15(14)17-16(19)11-21-13-7-3-2-4-8-13/h2-10,20H,11H2,1H3,(H,17,19). The van der Waals surface area contributed by atoms with Crippen LogP contribution in [0.4, 0.5) is 5.69 Å². The van der Waals surface area contributed by atoms with Crippen LogP contribution in [0.5, 0.6) is 0 Å². The molecule has 0 radical (unpaired) electrons. The van der Waals surface area contributed by atoms with E-state index in [1.54, 1.807) is 19.1 Å². The first-order valence-corrected chi connectivity index (χ1v) is 7.45. The van der Waals surface area contributed by atoms with Gasteiger partial charge in [0.2, 0.25) is 5.91 Å². The van der Waals surface area contributed by atoms with Gasteiger partial charge in [0.05, 0.1) is 11.5 Å². The first kappa shape index (κ1) is 15.1. The number of thioether (sulfide) groups is 1. The fourth-order valence-electron chi connectivity index (χ4n) is 1.81. The van der Waals surface area contributed by atoms with Crippen LogP contribution in [-0.4, -0.2) is 22.6 Å². The van der Waals surface area contributed by atoms with Gasteiger partial charge in [-0.3, -0.25) is 4.79 Å². The third kappa shape index (κ3) is 4.36. The molecular weight excluding hydrogens is 284 g/mol. The summed E-state index contributed by atoms with van der Waals surface area (Å²) in [7, 11) is 0. The van der Waals surface area contributed by atoms with Crippen molar-refractivity contribution in [3.63, 3.8) is 0 Å². The maximum Gasteiger partial charge on any atom is 0.234 e. The first-order valence-electron chi connectivity index (χ1n) is 6.46. The Labute approximate surface area is 127 Å². The van der Waals surface area contributed by atoms with Crippen LogP contribution in [0.3, 0.4) is 0 Å². The van der Waals surface area contributed by atoms with Crippen molar-refractivity contribution in [2.75, 3.05) is 11.1 Å². The van der Waals surface area contributed by atoms with E-state index in [1.807, 2.05) is 42.5 Å². The summed E-state index contributed by atoms with van der Waals surface area (Å²) in [5.74, 6) is 0.232. The molecule has 0 heterocycles. The number of hydrogen-bond donors (Lipinski definition) is 2. The highest BCUT2D eigenvalue weighted by molar-refractivity contribution is 8.00. The Morgan fingerprint density at radius 1 is 1.14 bits per heavy atom. The molecule has 2 N–H and O–H groups in total. The Morgan fingerprint density at radius 3 is 2.52 bits per heavy atom. The van der Waals surface area contributed by atoms with E-state index in [-0.39, 0.29) is 5.91 Å². The lowest BCUT2D eigenvalue weighted by molar-refractivity contribution is -0.113. The maximum absolute atomic E-state index is 12.0. The molecule has 0 bridgehead atoms. The van der Waals surface area contributed by atoms with Gasteiger partial charge in [-0.05, 0) is 25.1 Å². The van der Waals surface area contributed by atoms with Crippen molar-refractivity contribution in [3.05, 3.63) is 60.2 Å². The van der Waals surface area contributed by atoms with Gasteiger partial charge < -0.3 is 10.5 Å². The molecule has 0 saturated carbocycles. The van der Waals surface area contributed by atoms with Crippen LogP contribution in [0.2, 0.25) is 0 Å². The Morgan fingerprint density at radius 2 is 1.81 bits per heavy atom. The van der Waals surface area contributed by atoms with Crippen molar-refractivity contribution in [2.24, 2.45) is 5.16 Å². The minimum atomic E-state index is -0.0953. The van der Waals surface area contributed by atoms with E-state index < -0.39 is 0 Å². The fourth-order valence-corrected chi connectivity index (χ4v) is 2.53. The molecular formula is C16H16N2O2S. The Kier molecular flexibility index (Phi) is 5.40. The third-order valence-electron chi connectivity index (χ3n) is 2.85. The number of nitrogens with zero attached hydrogens (tertiary/aromatic N) is 1. The summed E-state index contributed by atoms with van der Waals surface area (Å²) >= 11 is 1.48. The van der Waals surface area contributed by atoms with E-state index in [1.165, 1.54) is 11.8 Å². The quantitative estimate of drug-likeness (QED) is 0.384. The van der Waals surface area contributed by atoms with E-state index in [9.17, 15) is 4.79 Å². The van der Waals surface area contributed by atoms with Crippen LogP contribution in [0, 0.1) is 0 Å². The van der Waals surface area contributed by atoms with Gasteiger partial charge in [-0.2, -0.15) is 0 Å². The zero-order chi connectivity index (χ0) is 15.1. The molecule has 0 aliphatic carbocycles. The molecule has 21 heavy (non-hydrogen) atoms. The van der Waals surface area contributed by atoms with Crippen LogP contribution >= 0.6 is 11.8 Å². The molecule has 0 aliphatic heterocycles. The van der Waals surface area contributed by atoms with Gasteiger partial charge in [0, 0.05) is 16.1 Å². The Hall–Kier alpha value is -2.27. The van der Waals surface area contributed by atoms with Crippen molar-refractivity contribution >= 4 is 29.1 Å². The van der Waals surface area contributed by atoms with Gasteiger partial charge in [-0.25, -0.2) is 0 Å². The molecule has 0 atom stereocenters. The monoisotopic (exact) mass is 300 g/mol. The number of amides is 1. The van der Waals surface area contributed by atoms with Crippen molar-refractivity contribution in [2.45, 2.75) is 11.8 Å². The summed E-state index contributed by atoms with van der Waals surface area (Å²) in [6, 6.07) is 17.0. The first-order chi connectivity index (χ1) is 10.2. The van der Waals surface area contributed by atoms with Gasteiger partial charge >= 0.3 is 0 Å². The van der Waals surface area contributed by atoms with E-state index in [2.05, 4.69) is 10.5 Å². The average Bonchev–Trinajstić information content (AvgIpc) is 2.54. The smallest absolute Gasteiger partial charge is 0.234 e. The Balaban J connectivity index is 2.00. The SMILES string of the molecule is CC(=NO)c1ccccc1NC(=O)CSc1ccccc1. The zero-order valence-corrected chi connectivity index (χ0v) is 12.4. The molecule has 0 spiro atoms. The highest BCUT2D eigenvalue weighted by Gasteiger charge is 2.09. The summed E-state index contributed by atoms with van der Waals surface area (Å²) in [6.07, 6.45) is 0. The fraction of sp³-hybridized carbons (Fsp3) is 0.125.